The molecule has 1 atom stereocenters. The molecule has 1 unspecified atom stereocenters. The van der Waals surface area contributed by atoms with Crippen molar-refractivity contribution in [3.63, 3.8) is 0 Å². The van der Waals surface area contributed by atoms with E-state index in [1.54, 1.807) is 19.5 Å². The molecule has 4 nitrogen and oxygen atoms in total. The second kappa shape index (κ2) is 4.67. The van der Waals surface area contributed by atoms with Gasteiger partial charge in [0.25, 0.3) is 0 Å². The number of furan rings is 1. The Labute approximate surface area is 98.2 Å². The van der Waals surface area contributed by atoms with Gasteiger partial charge in [-0.1, -0.05) is 0 Å². The van der Waals surface area contributed by atoms with E-state index in [9.17, 15) is 5.11 Å². The van der Waals surface area contributed by atoms with Gasteiger partial charge in [0.1, 0.15) is 0 Å². The summed E-state index contributed by atoms with van der Waals surface area (Å²) in [6, 6.07) is 1.93. The van der Waals surface area contributed by atoms with Crippen LogP contribution in [0, 0.1) is 0 Å². The van der Waals surface area contributed by atoms with Crippen molar-refractivity contribution in [2.24, 2.45) is 0 Å². The average molecular weight is 238 g/mol. The first kappa shape index (κ1) is 11.2. The van der Waals surface area contributed by atoms with Crippen LogP contribution in [0.25, 0.3) is 0 Å². The van der Waals surface area contributed by atoms with Gasteiger partial charge in [-0.3, -0.25) is 0 Å². The van der Waals surface area contributed by atoms with Crippen molar-refractivity contribution in [2.75, 3.05) is 11.9 Å². The summed E-state index contributed by atoms with van der Waals surface area (Å²) < 4.78 is 5.01. The SMILES string of the molecule is CC(O)c1csc(N(C)Cc2ccoc2)n1. The Kier molecular flexibility index (Phi) is 3.26. The lowest BCUT2D eigenvalue weighted by molar-refractivity contribution is 0.195. The zero-order chi connectivity index (χ0) is 11.5. The largest absolute Gasteiger partial charge is 0.472 e. The second-order valence-corrected chi connectivity index (χ2v) is 4.56. The lowest BCUT2D eigenvalue weighted by Crippen LogP contribution is -2.15. The zero-order valence-electron chi connectivity index (χ0n) is 9.25. The van der Waals surface area contributed by atoms with Crippen LogP contribution in [-0.4, -0.2) is 17.1 Å². The third kappa shape index (κ3) is 2.43. The van der Waals surface area contributed by atoms with Crippen LogP contribution in [0.1, 0.15) is 24.3 Å². The van der Waals surface area contributed by atoms with Gasteiger partial charge in [-0.25, -0.2) is 4.98 Å². The zero-order valence-corrected chi connectivity index (χ0v) is 10.1. The fraction of sp³-hybridized carbons (Fsp3) is 0.364. The number of thiazole rings is 1. The maximum Gasteiger partial charge on any atom is 0.185 e. The molecule has 2 aromatic rings. The Bertz CT molecular complexity index is 437. The van der Waals surface area contributed by atoms with E-state index < -0.39 is 6.10 Å². The third-order valence-electron chi connectivity index (χ3n) is 2.26. The van der Waals surface area contributed by atoms with Gasteiger partial charge in [0.2, 0.25) is 0 Å². The molecule has 0 aromatic carbocycles. The smallest absolute Gasteiger partial charge is 0.185 e. The molecule has 0 aliphatic carbocycles. The minimum atomic E-state index is -0.507. The fourth-order valence-corrected chi connectivity index (χ4v) is 2.25. The van der Waals surface area contributed by atoms with Gasteiger partial charge in [-0.15, -0.1) is 11.3 Å². The van der Waals surface area contributed by atoms with E-state index in [2.05, 4.69) is 4.98 Å². The number of aliphatic hydroxyl groups excluding tert-OH is 1. The second-order valence-electron chi connectivity index (χ2n) is 3.72. The molecule has 16 heavy (non-hydrogen) atoms. The number of nitrogens with zero attached hydrogens (tertiary/aromatic N) is 2. The molecule has 0 bridgehead atoms. The molecular formula is C11H14N2O2S. The van der Waals surface area contributed by atoms with Gasteiger partial charge in [-0.05, 0) is 13.0 Å². The summed E-state index contributed by atoms with van der Waals surface area (Å²) >= 11 is 1.53. The summed E-state index contributed by atoms with van der Waals surface area (Å²) in [6.07, 6.45) is 2.87. The Morgan fingerprint density at radius 1 is 1.62 bits per heavy atom. The van der Waals surface area contributed by atoms with Gasteiger partial charge in [0.15, 0.2) is 5.13 Å². The molecule has 2 rings (SSSR count). The van der Waals surface area contributed by atoms with E-state index in [1.165, 1.54) is 11.3 Å². The van der Waals surface area contributed by atoms with E-state index >= 15 is 0 Å². The van der Waals surface area contributed by atoms with E-state index in [-0.39, 0.29) is 0 Å². The molecule has 0 spiro atoms. The quantitative estimate of drug-likeness (QED) is 0.888. The number of aromatic nitrogens is 1. The molecule has 0 saturated carbocycles. The first-order valence-corrected chi connectivity index (χ1v) is 5.90. The predicted octanol–water partition coefficient (Wildman–Crippen LogP) is 2.43. The molecule has 2 aromatic heterocycles. The number of hydrogen-bond donors (Lipinski definition) is 1. The van der Waals surface area contributed by atoms with Crippen molar-refractivity contribution in [3.05, 3.63) is 35.2 Å². The summed E-state index contributed by atoms with van der Waals surface area (Å²) in [4.78, 5) is 6.38. The highest BCUT2D eigenvalue weighted by atomic mass is 32.1. The van der Waals surface area contributed by atoms with E-state index in [4.69, 9.17) is 4.42 Å². The summed E-state index contributed by atoms with van der Waals surface area (Å²) in [5.74, 6) is 0. The maximum atomic E-state index is 9.39. The lowest BCUT2D eigenvalue weighted by Gasteiger charge is -2.14. The minimum Gasteiger partial charge on any atom is -0.472 e. The molecule has 0 radical (unpaired) electrons. The Morgan fingerprint density at radius 3 is 3.00 bits per heavy atom. The van der Waals surface area contributed by atoms with Crippen LogP contribution in [0.2, 0.25) is 0 Å². The van der Waals surface area contributed by atoms with Gasteiger partial charge >= 0.3 is 0 Å². The Balaban J connectivity index is 2.06. The summed E-state index contributed by atoms with van der Waals surface area (Å²) in [5, 5.41) is 12.2. The highest BCUT2D eigenvalue weighted by Gasteiger charge is 2.10. The third-order valence-corrected chi connectivity index (χ3v) is 3.24. The van der Waals surface area contributed by atoms with Crippen molar-refractivity contribution < 1.29 is 9.52 Å². The van der Waals surface area contributed by atoms with Crippen molar-refractivity contribution in [1.29, 1.82) is 0 Å². The van der Waals surface area contributed by atoms with Crippen LogP contribution in [0.3, 0.4) is 0 Å². The topological polar surface area (TPSA) is 49.5 Å². The fourth-order valence-electron chi connectivity index (χ4n) is 1.37. The standard InChI is InChI=1S/C11H14N2O2S/c1-8(14)10-7-16-11(12-10)13(2)5-9-3-4-15-6-9/h3-4,6-8,14H,5H2,1-2H3. The highest BCUT2D eigenvalue weighted by molar-refractivity contribution is 7.13. The molecule has 0 saturated heterocycles. The first-order chi connectivity index (χ1) is 7.66. The summed E-state index contributed by atoms with van der Waals surface area (Å²) in [7, 11) is 1.97. The Morgan fingerprint density at radius 2 is 2.44 bits per heavy atom. The molecular weight excluding hydrogens is 224 g/mol. The van der Waals surface area contributed by atoms with Crippen LogP contribution in [0.4, 0.5) is 5.13 Å². The van der Waals surface area contributed by atoms with Crippen molar-refractivity contribution in [2.45, 2.75) is 19.6 Å². The molecule has 86 valence electrons. The van der Waals surface area contributed by atoms with Gasteiger partial charge in [-0.2, -0.15) is 0 Å². The number of hydrogen-bond acceptors (Lipinski definition) is 5. The molecule has 5 heteroatoms. The number of aliphatic hydroxyl groups is 1. The maximum absolute atomic E-state index is 9.39. The molecule has 0 fully saturated rings. The number of rotatable bonds is 4. The van der Waals surface area contributed by atoms with Gasteiger partial charge in [0, 0.05) is 24.5 Å². The van der Waals surface area contributed by atoms with Gasteiger partial charge in [0.05, 0.1) is 24.3 Å². The van der Waals surface area contributed by atoms with Gasteiger partial charge < -0.3 is 14.4 Å². The lowest BCUT2D eigenvalue weighted by atomic mass is 10.3. The summed E-state index contributed by atoms with van der Waals surface area (Å²) in [5.41, 5.74) is 1.83. The first-order valence-electron chi connectivity index (χ1n) is 5.02. The molecule has 0 aliphatic rings. The normalized spacial score (nSPS) is 12.7. The minimum absolute atomic E-state index is 0.507. The Hall–Kier alpha value is -1.33. The van der Waals surface area contributed by atoms with Crippen LogP contribution in [-0.2, 0) is 6.54 Å². The van der Waals surface area contributed by atoms with Crippen molar-refractivity contribution in [1.82, 2.24) is 4.98 Å². The highest BCUT2D eigenvalue weighted by Crippen LogP contribution is 2.24. The van der Waals surface area contributed by atoms with E-state index in [1.807, 2.05) is 23.4 Å². The van der Waals surface area contributed by atoms with E-state index in [0.29, 0.717) is 0 Å². The van der Waals surface area contributed by atoms with Crippen LogP contribution in [0.15, 0.2) is 28.4 Å². The van der Waals surface area contributed by atoms with Crippen LogP contribution < -0.4 is 4.90 Å². The monoisotopic (exact) mass is 238 g/mol. The molecule has 0 amide bonds. The summed E-state index contributed by atoms with van der Waals surface area (Å²) in [6.45, 7) is 2.47. The molecule has 2 heterocycles. The number of anilines is 1. The van der Waals surface area contributed by atoms with Crippen LogP contribution in [0.5, 0.6) is 0 Å². The predicted molar refractivity (Wildman–Crippen MR) is 63.6 cm³/mol. The van der Waals surface area contributed by atoms with E-state index in [0.717, 1.165) is 22.9 Å². The van der Waals surface area contributed by atoms with Crippen molar-refractivity contribution in [3.8, 4) is 0 Å². The van der Waals surface area contributed by atoms with Crippen molar-refractivity contribution >= 4 is 16.5 Å². The average Bonchev–Trinajstić information content (AvgIpc) is 2.86. The van der Waals surface area contributed by atoms with Crippen LogP contribution >= 0.6 is 11.3 Å². The molecule has 1 N–H and O–H groups in total. The molecule has 0 aliphatic heterocycles.